The molecule has 4 heterocycles. The zero-order valence-corrected chi connectivity index (χ0v) is 17.8. The number of hydrogen-bond donors (Lipinski definition) is 0. The largest absolute Gasteiger partial charge is 0.344 e. The van der Waals surface area contributed by atoms with E-state index in [0.29, 0.717) is 6.04 Å². The SMILES string of the molecule is CCC.Cc1cn(C2CCN(CC3CCN(C)CC3)CC2)c2ccncc12. The second-order valence-electron chi connectivity index (χ2n) is 8.60. The lowest BCUT2D eigenvalue weighted by Gasteiger charge is -2.37. The van der Waals surface area contributed by atoms with Crippen LogP contribution >= 0.6 is 0 Å². The second-order valence-corrected chi connectivity index (χ2v) is 8.60. The van der Waals surface area contributed by atoms with E-state index in [1.807, 2.05) is 12.4 Å². The maximum atomic E-state index is 4.29. The van der Waals surface area contributed by atoms with Crippen molar-refractivity contribution in [1.29, 1.82) is 0 Å². The van der Waals surface area contributed by atoms with Crippen LogP contribution in [0.3, 0.4) is 0 Å². The van der Waals surface area contributed by atoms with Gasteiger partial charge in [0.2, 0.25) is 0 Å². The summed E-state index contributed by atoms with van der Waals surface area (Å²) >= 11 is 0. The lowest BCUT2D eigenvalue weighted by molar-refractivity contribution is 0.129. The summed E-state index contributed by atoms with van der Waals surface area (Å²) in [6.45, 7) is 12.8. The number of aromatic nitrogens is 2. The van der Waals surface area contributed by atoms with Crippen LogP contribution in [0.15, 0.2) is 24.7 Å². The number of rotatable bonds is 3. The quantitative estimate of drug-likeness (QED) is 0.780. The van der Waals surface area contributed by atoms with E-state index in [1.54, 1.807) is 0 Å². The van der Waals surface area contributed by atoms with Gasteiger partial charge in [0, 0.05) is 49.7 Å². The van der Waals surface area contributed by atoms with Crippen LogP contribution in [-0.4, -0.2) is 59.1 Å². The summed E-state index contributed by atoms with van der Waals surface area (Å²) in [7, 11) is 2.25. The Kier molecular flexibility index (Phi) is 7.31. The molecular weight excluding hydrogens is 332 g/mol. The van der Waals surface area contributed by atoms with E-state index < -0.39 is 0 Å². The van der Waals surface area contributed by atoms with Gasteiger partial charge < -0.3 is 14.4 Å². The molecule has 150 valence electrons. The molecule has 0 atom stereocenters. The molecule has 4 heteroatoms. The Bertz CT molecular complexity index is 691. The van der Waals surface area contributed by atoms with Crippen molar-refractivity contribution in [3.8, 4) is 0 Å². The molecule has 4 rings (SSSR count). The highest BCUT2D eigenvalue weighted by atomic mass is 15.2. The first-order valence-electron chi connectivity index (χ1n) is 10.9. The second kappa shape index (κ2) is 9.70. The minimum Gasteiger partial charge on any atom is -0.344 e. The van der Waals surface area contributed by atoms with Crippen molar-refractivity contribution in [3.63, 3.8) is 0 Å². The topological polar surface area (TPSA) is 24.3 Å². The molecule has 0 radical (unpaired) electrons. The van der Waals surface area contributed by atoms with Crippen molar-refractivity contribution in [2.75, 3.05) is 39.8 Å². The van der Waals surface area contributed by atoms with E-state index in [4.69, 9.17) is 0 Å². The summed E-state index contributed by atoms with van der Waals surface area (Å²) in [5.41, 5.74) is 2.71. The van der Waals surface area contributed by atoms with Crippen molar-refractivity contribution < 1.29 is 0 Å². The number of nitrogens with zero attached hydrogens (tertiary/aromatic N) is 4. The highest BCUT2D eigenvalue weighted by molar-refractivity contribution is 5.82. The standard InChI is InChI=1S/C20H30N4.C3H8/c1-16-14-24(20-3-8-21-13-19(16)20)18-6-11-23(12-7-18)15-17-4-9-22(2)10-5-17;1-3-2/h3,8,13-14,17-18H,4-7,9-12,15H2,1-2H3;3H2,1-2H3. The lowest BCUT2D eigenvalue weighted by atomic mass is 9.95. The third kappa shape index (κ3) is 5.11. The van der Waals surface area contributed by atoms with Gasteiger partial charge in [-0.05, 0) is 70.3 Å². The molecule has 0 saturated carbocycles. The van der Waals surface area contributed by atoms with Gasteiger partial charge in [0.1, 0.15) is 0 Å². The van der Waals surface area contributed by atoms with Gasteiger partial charge in [0.05, 0.1) is 5.52 Å². The number of pyridine rings is 1. The van der Waals surface area contributed by atoms with E-state index in [9.17, 15) is 0 Å². The molecule has 2 aromatic rings. The Morgan fingerprint density at radius 2 is 1.70 bits per heavy atom. The normalized spacial score (nSPS) is 20.6. The Morgan fingerprint density at radius 3 is 2.37 bits per heavy atom. The molecule has 0 unspecified atom stereocenters. The summed E-state index contributed by atoms with van der Waals surface area (Å²) in [4.78, 5) is 9.47. The predicted octanol–water partition coefficient (Wildman–Crippen LogP) is 4.74. The van der Waals surface area contributed by atoms with Crippen LogP contribution in [0.25, 0.3) is 10.9 Å². The van der Waals surface area contributed by atoms with E-state index in [1.165, 1.54) is 81.3 Å². The van der Waals surface area contributed by atoms with Crippen molar-refractivity contribution in [2.45, 2.75) is 58.9 Å². The van der Waals surface area contributed by atoms with Gasteiger partial charge >= 0.3 is 0 Å². The minimum absolute atomic E-state index is 0.650. The fourth-order valence-electron chi connectivity index (χ4n) is 4.56. The van der Waals surface area contributed by atoms with Crippen molar-refractivity contribution in [2.24, 2.45) is 5.92 Å². The van der Waals surface area contributed by atoms with Crippen LogP contribution in [-0.2, 0) is 0 Å². The van der Waals surface area contributed by atoms with E-state index in [2.05, 4.69) is 59.4 Å². The smallest absolute Gasteiger partial charge is 0.0516 e. The first kappa shape index (κ1) is 20.3. The van der Waals surface area contributed by atoms with Crippen LogP contribution < -0.4 is 0 Å². The highest BCUT2D eigenvalue weighted by Gasteiger charge is 2.25. The fourth-order valence-corrected chi connectivity index (χ4v) is 4.56. The molecule has 4 nitrogen and oxygen atoms in total. The van der Waals surface area contributed by atoms with Crippen LogP contribution in [0.4, 0.5) is 0 Å². The van der Waals surface area contributed by atoms with Crippen molar-refractivity contribution >= 4 is 10.9 Å². The monoisotopic (exact) mass is 370 g/mol. The van der Waals surface area contributed by atoms with Gasteiger partial charge in [-0.2, -0.15) is 0 Å². The number of fused-ring (bicyclic) bond motifs is 1. The van der Waals surface area contributed by atoms with Crippen molar-refractivity contribution in [1.82, 2.24) is 19.4 Å². The summed E-state index contributed by atoms with van der Waals surface area (Å²) < 4.78 is 2.51. The molecule has 0 aromatic carbocycles. The van der Waals surface area contributed by atoms with Gasteiger partial charge in [0.25, 0.3) is 0 Å². The summed E-state index contributed by atoms with van der Waals surface area (Å²) in [6, 6.07) is 2.82. The molecule has 0 N–H and O–H groups in total. The van der Waals surface area contributed by atoms with Gasteiger partial charge in [-0.3, -0.25) is 4.98 Å². The minimum atomic E-state index is 0.650. The Labute approximate surface area is 165 Å². The molecule has 0 spiro atoms. The first-order chi connectivity index (χ1) is 13.1. The van der Waals surface area contributed by atoms with E-state index in [-0.39, 0.29) is 0 Å². The highest BCUT2D eigenvalue weighted by Crippen LogP contribution is 2.30. The van der Waals surface area contributed by atoms with Crippen LogP contribution in [0.5, 0.6) is 0 Å². The maximum Gasteiger partial charge on any atom is 0.0516 e. The van der Waals surface area contributed by atoms with Gasteiger partial charge in [-0.1, -0.05) is 20.3 Å². The van der Waals surface area contributed by atoms with Crippen LogP contribution in [0.1, 0.15) is 57.6 Å². The summed E-state index contributed by atoms with van der Waals surface area (Å²) in [5, 5.41) is 1.31. The predicted molar refractivity (Wildman–Crippen MR) is 115 cm³/mol. The first-order valence-corrected chi connectivity index (χ1v) is 10.9. The number of piperidine rings is 2. The summed E-state index contributed by atoms with van der Waals surface area (Å²) in [6.07, 6.45) is 12.8. The Morgan fingerprint density at radius 1 is 1.04 bits per heavy atom. The fraction of sp³-hybridized carbons (Fsp3) is 0.696. The van der Waals surface area contributed by atoms with Crippen LogP contribution in [0, 0.1) is 12.8 Å². The molecule has 2 aliphatic heterocycles. The summed E-state index contributed by atoms with van der Waals surface area (Å²) in [5.74, 6) is 0.915. The third-order valence-corrected chi connectivity index (χ3v) is 6.14. The van der Waals surface area contributed by atoms with Crippen molar-refractivity contribution in [3.05, 3.63) is 30.2 Å². The lowest BCUT2D eigenvalue weighted by Crippen LogP contribution is -2.40. The Balaban J connectivity index is 0.000000659. The molecule has 2 fully saturated rings. The third-order valence-electron chi connectivity index (χ3n) is 6.14. The number of hydrogen-bond acceptors (Lipinski definition) is 3. The molecule has 0 bridgehead atoms. The molecule has 2 saturated heterocycles. The average Bonchev–Trinajstić information content (AvgIpc) is 3.02. The molecule has 0 amide bonds. The Hall–Kier alpha value is -1.39. The average molecular weight is 371 g/mol. The van der Waals surface area contributed by atoms with Gasteiger partial charge in [0.15, 0.2) is 0 Å². The zero-order valence-electron chi connectivity index (χ0n) is 17.8. The van der Waals surface area contributed by atoms with Gasteiger partial charge in [-0.15, -0.1) is 0 Å². The molecule has 2 aromatic heterocycles. The number of aryl methyl sites for hydroxylation is 1. The zero-order chi connectivity index (χ0) is 19.2. The molecule has 27 heavy (non-hydrogen) atoms. The molecule has 0 aliphatic carbocycles. The van der Waals surface area contributed by atoms with Gasteiger partial charge in [-0.25, -0.2) is 0 Å². The van der Waals surface area contributed by atoms with Crippen LogP contribution in [0.2, 0.25) is 0 Å². The van der Waals surface area contributed by atoms with E-state index in [0.717, 1.165) is 5.92 Å². The van der Waals surface area contributed by atoms with E-state index >= 15 is 0 Å². The molecule has 2 aliphatic rings. The maximum absolute atomic E-state index is 4.29. The molecular formula is C23H38N4. The number of likely N-dealkylation sites (tertiary alicyclic amines) is 2.